The number of nitrogens with zero attached hydrogens (tertiary/aromatic N) is 1. The number of carbonyl (C=O) groups is 2. The van der Waals surface area contributed by atoms with Crippen LogP contribution >= 0.6 is 11.6 Å². The van der Waals surface area contributed by atoms with Crippen molar-refractivity contribution < 1.29 is 22.8 Å². The number of nitrogens with one attached hydrogen (secondary N) is 2. The lowest BCUT2D eigenvalue weighted by molar-refractivity contribution is -0.137. The summed E-state index contributed by atoms with van der Waals surface area (Å²) in [6, 6.07) is 16.9. The summed E-state index contributed by atoms with van der Waals surface area (Å²) in [4.78, 5) is 28.6. The highest BCUT2D eigenvalue weighted by atomic mass is 35.5. The van der Waals surface area contributed by atoms with Gasteiger partial charge in [-0.1, -0.05) is 35.9 Å². The molecule has 0 saturated heterocycles. The zero-order valence-electron chi connectivity index (χ0n) is 17.7. The molecule has 0 fully saturated rings. The van der Waals surface area contributed by atoms with E-state index in [9.17, 15) is 22.8 Å². The summed E-state index contributed by atoms with van der Waals surface area (Å²) in [5, 5.41) is 5.92. The van der Waals surface area contributed by atoms with E-state index < -0.39 is 23.2 Å². The van der Waals surface area contributed by atoms with Crippen molar-refractivity contribution >= 4 is 45.7 Å². The Kier molecular flexibility index (Phi) is 6.26. The molecule has 172 valence electrons. The summed E-state index contributed by atoms with van der Waals surface area (Å²) in [6.45, 7) is 1.40. The predicted octanol–water partition coefficient (Wildman–Crippen LogP) is 6.78. The molecule has 0 radical (unpaired) electrons. The molecule has 4 rings (SSSR count). The van der Waals surface area contributed by atoms with Crippen molar-refractivity contribution in [3.05, 3.63) is 89.1 Å². The van der Waals surface area contributed by atoms with Gasteiger partial charge in [-0.2, -0.15) is 13.2 Å². The van der Waals surface area contributed by atoms with Gasteiger partial charge in [0.2, 0.25) is 5.91 Å². The van der Waals surface area contributed by atoms with Gasteiger partial charge in [0.05, 0.1) is 22.3 Å². The Morgan fingerprint density at radius 2 is 1.71 bits per heavy atom. The van der Waals surface area contributed by atoms with Crippen molar-refractivity contribution in [2.45, 2.75) is 13.1 Å². The monoisotopic (exact) mass is 483 g/mol. The SMILES string of the molecule is CC(=O)Nc1cccc2c(-c3cccc(NC(=O)c4ccc(Cl)cc4C(F)(F)F)c3)ccnc12. The van der Waals surface area contributed by atoms with Gasteiger partial charge in [0.25, 0.3) is 5.91 Å². The first-order valence-corrected chi connectivity index (χ1v) is 10.4. The molecule has 0 unspecified atom stereocenters. The van der Waals surface area contributed by atoms with Crippen LogP contribution in [-0.4, -0.2) is 16.8 Å². The van der Waals surface area contributed by atoms with E-state index in [1.54, 1.807) is 48.7 Å². The number of benzene rings is 3. The normalized spacial score (nSPS) is 11.3. The lowest BCUT2D eigenvalue weighted by atomic mass is 10.00. The van der Waals surface area contributed by atoms with Crippen LogP contribution in [0.3, 0.4) is 0 Å². The van der Waals surface area contributed by atoms with E-state index in [1.807, 2.05) is 6.07 Å². The number of carbonyl (C=O) groups excluding carboxylic acids is 2. The lowest BCUT2D eigenvalue weighted by Crippen LogP contribution is -2.18. The molecule has 0 aliphatic rings. The van der Waals surface area contributed by atoms with E-state index in [2.05, 4.69) is 15.6 Å². The zero-order chi connectivity index (χ0) is 24.5. The maximum Gasteiger partial charge on any atom is 0.417 e. The van der Waals surface area contributed by atoms with Crippen LogP contribution in [0, 0.1) is 0 Å². The number of rotatable bonds is 4. The Morgan fingerprint density at radius 1 is 0.941 bits per heavy atom. The van der Waals surface area contributed by atoms with Gasteiger partial charge in [0.1, 0.15) is 0 Å². The smallest absolute Gasteiger partial charge is 0.324 e. The summed E-state index contributed by atoms with van der Waals surface area (Å²) in [7, 11) is 0. The Morgan fingerprint density at radius 3 is 2.44 bits per heavy atom. The van der Waals surface area contributed by atoms with Gasteiger partial charge in [-0.15, -0.1) is 0 Å². The molecule has 1 heterocycles. The van der Waals surface area contributed by atoms with Crippen LogP contribution in [-0.2, 0) is 11.0 Å². The van der Waals surface area contributed by atoms with Gasteiger partial charge in [0, 0.05) is 29.2 Å². The van der Waals surface area contributed by atoms with Crippen LogP contribution in [0.2, 0.25) is 5.02 Å². The molecular formula is C25H17ClF3N3O2. The van der Waals surface area contributed by atoms with E-state index in [-0.39, 0.29) is 10.9 Å². The highest BCUT2D eigenvalue weighted by molar-refractivity contribution is 6.30. The van der Waals surface area contributed by atoms with Gasteiger partial charge in [-0.05, 0) is 53.6 Å². The lowest BCUT2D eigenvalue weighted by Gasteiger charge is -2.14. The van der Waals surface area contributed by atoms with E-state index >= 15 is 0 Å². The Labute approximate surface area is 197 Å². The molecule has 5 nitrogen and oxygen atoms in total. The van der Waals surface area contributed by atoms with E-state index in [0.29, 0.717) is 22.5 Å². The second-order valence-electron chi connectivity index (χ2n) is 7.46. The molecule has 4 aromatic rings. The minimum Gasteiger partial charge on any atom is -0.324 e. The molecule has 2 amide bonds. The number of anilines is 2. The van der Waals surface area contributed by atoms with E-state index in [4.69, 9.17) is 11.6 Å². The number of aromatic nitrogens is 1. The van der Waals surface area contributed by atoms with Crippen LogP contribution < -0.4 is 10.6 Å². The van der Waals surface area contributed by atoms with Crippen molar-refractivity contribution in [1.29, 1.82) is 0 Å². The predicted molar refractivity (Wildman–Crippen MR) is 126 cm³/mol. The molecule has 1 aromatic heterocycles. The van der Waals surface area contributed by atoms with Gasteiger partial charge in [-0.3, -0.25) is 14.6 Å². The average molecular weight is 484 g/mol. The Hall–Kier alpha value is -3.91. The van der Waals surface area contributed by atoms with Crippen molar-refractivity contribution in [2.24, 2.45) is 0 Å². The molecule has 3 aromatic carbocycles. The van der Waals surface area contributed by atoms with Gasteiger partial charge < -0.3 is 10.6 Å². The third-order valence-corrected chi connectivity index (χ3v) is 5.28. The zero-order valence-corrected chi connectivity index (χ0v) is 18.5. The second kappa shape index (κ2) is 9.15. The first-order valence-electron chi connectivity index (χ1n) is 10.1. The van der Waals surface area contributed by atoms with Crippen molar-refractivity contribution in [1.82, 2.24) is 4.98 Å². The first kappa shape index (κ1) is 23.3. The minimum absolute atomic E-state index is 0.117. The maximum absolute atomic E-state index is 13.4. The fourth-order valence-corrected chi connectivity index (χ4v) is 3.80. The molecule has 0 spiro atoms. The third kappa shape index (κ3) is 4.87. The number of hydrogen-bond donors (Lipinski definition) is 2. The van der Waals surface area contributed by atoms with Crippen molar-refractivity contribution in [3.63, 3.8) is 0 Å². The highest BCUT2D eigenvalue weighted by Gasteiger charge is 2.35. The highest BCUT2D eigenvalue weighted by Crippen LogP contribution is 2.35. The third-order valence-electron chi connectivity index (χ3n) is 5.04. The Balaban J connectivity index is 1.70. The van der Waals surface area contributed by atoms with Crippen LogP contribution in [0.15, 0.2) is 72.9 Å². The summed E-state index contributed by atoms with van der Waals surface area (Å²) in [5.74, 6) is -1.14. The molecule has 9 heteroatoms. The largest absolute Gasteiger partial charge is 0.417 e. The summed E-state index contributed by atoms with van der Waals surface area (Å²) in [6.07, 6.45) is -3.14. The number of para-hydroxylation sites is 1. The summed E-state index contributed by atoms with van der Waals surface area (Å²) < 4.78 is 40.2. The number of fused-ring (bicyclic) bond motifs is 1. The van der Waals surface area contributed by atoms with Crippen LogP contribution in [0.4, 0.5) is 24.5 Å². The standard InChI is InChI=1S/C25H17ClF3N3O2/c1-14(33)31-22-7-3-6-19-18(10-11-30-23(19)22)15-4-2-5-17(12-15)32-24(34)20-9-8-16(26)13-21(20)25(27,28)29/h2-13H,1H3,(H,31,33)(H,32,34). The Bertz CT molecular complexity index is 1420. The quantitative estimate of drug-likeness (QED) is 0.336. The number of alkyl halides is 3. The van der Waals surface area contributed by atoms with Gasteiger partial charge in [0.15, 0.2) is 0 Å². The van der Waals surface area contributed by atoms with Crippen LogP contribution in [0.5, 0.6) is 0 Å². The second-order valence-corrected chi connectivity index (χ2v) is 7.90. The van der Waals surface area contributed by atoms with Crippen LogP contribution in [0.1, 0.15) is 22.8 Å². The van der Waals surface area contributed by atoms with E-state index in [1.165, 1.54) is 13.0 Å². The number of amides is 2. The fourth-order valence-electron chi connectivity index (χ4n) is 3.63. The fraction of sp³-hybridized carbons (Fsp3) is 0.0800. The maximum atomic E-state index is 13.4. The topological polar surface area (TPSA) is 71.1 Å². The molecule has 0 atom stereocenters. The molecule has 0 aliphatic carbocycles. The number of halogens is 4. The molecule has 0 saturated carbocycles. The van der Waals surface area contributed by atoms with Gasteiger partial charge in [-0.25, -0.2) is 0 Å². The average Bonchev–Trinajstić information content (AvgIpc) is 2.78. The summed E-state index contributed by atoms with van der Waals surface area (Å²) in [5.41, 5.74) is 1.29. The number of pyridine rings is 1. The molecule has 2 N–H and O–H groups in total. The molecular weight excluding hydrogens is 467 g/mol. The number of hydrogen-bond acceptors (Lipinski definition) is 3. The van der Waals surface area contributed by atoms with E-state index in [0.717, 1.165) is 23.1 Å². The van der Waals surface area contributed by atoms with Crippen molar-refractivity contribution in [3.8, 4) is 11.1 Å². The van der Waals surface area contributed by atoms with Crippen molar-refractivity contribution in [2.75, 3.05) is 10.6 Å². The molecule has 34 heavy (non-hydrogen) atoms. The van der Waals surface area contributed by atoms with Gasteiger partial charge >= 0.3 is 6.18 Å². The molecule has 0 aliphatic heterocycles. The first-order chi connectivity index (χ1) is 16.1. The minimum atomic E-state index is -4.74. The van der Waals surface area contributed by atoms with Crippen LogP contribution in [0.25, 0.3) is 22.0 Å². The summed E-state index contributed by atoms with van der Waals surface area (Å²) >= 11 is 5.70. The molecule has 0 bridgehead atoms.